The zero-order valence-corrected chi connectivity index (χ0v) is 10.2. The maximum absolute atomic E-state index is 5.00. The van der Waals surface area contributed by atoms with Gasteiger partial charge in [-0.3, -0.25) is 4.68 Å². The normalized spacial score (nSPS) is 12.0. The summed E-state index contributed by atoms with van der Waals surface area (Å²) in [6.07, 6.45) is 4.36. The van der Waals surface area contributed by atoms with Crippen molar-refractivity contribution in [1.29, 1.82) is 0 Å². The number of hydrogen-bond acceptors (Lipinski definition) is 3. The first-order valence-electron chi connectivity index (χ1n) is 5.45. The van der Waals surface area contributed by atoms with Crippen molar-refractivity contribution in [3.8, 4) is 0 Å². The number of methoxy groups -OCH3 is 1. The van der Waals surface area contributed by atoms with Crippen LogP contribution in [-0.4, -0.2) is 22.1 Å². The summed E-state index contributed by atoms with van der Waals surface area (Å²) < 4.78 is 6.91. The maximum atomic E-state index is 5.00. The van der Waals surface area contributed by atoms with Crippen molar-refractivity contribution in [2.24, 2.45) is 5.41 Å². The van der Waals surface area contributed by atoms with Crippen molar-refractivity contribution < 1.29 is 4.74 Å². The van der Waals surface area contributed by atoms with Crippen LogP contribution in [0.25, 0.3) is 0 Å². The van der Waals surface area contributed by atoms with E-state index in [1.54, 1.807) is 7.11 Å². The molecule has 1 heterocycles. The van der Waals surface area contributed by atoms with Gasteiger partial charge in [-0.05, 0) is 11.8 Å². The van der Waals surface area contributed by atoms with Crippen LogP contribution in [0, 0.1) is 5.41 Å². The van der Waals surface area contributed by atoms with Crippen LogP contribution in [-0.2, 0) is 17.9 Å². The first-order valence-corrected chi connectivity index (χ1v) is 5.45. The molecule has 0 radical (unpaired) electrons. The molecule has 0 aliphatic rings. The van der Waals surface area contributed by atoms with Gasteiger partial charge in [0.05, 0.1) is 12.8 Å². The van der Waals surface area contributed by atoms with Gasteiger partial charge >= 0.3 is 0 Å². The Morgan fingerprint density at radius 3 is 2.80 bits per heavy atom. The van der Waals surface area contributed by atoms with Gasteiger partial charge in [-0.1, -0.05) is 32.4 Å². The molecule has 0 aliphatic carbocycles. The monoisotopic (exact) mass is 211 g/mol. The zero-order valence-electron chi connectivity index (χ0n) is 10.2. The average molecular weight is 211 g/mol. The van der Waals surface area contributed by atoms with Gasteiger partial charge in [-0.2, -0.15) is 0 Å². The summed E-state index contributed by atoms with van der Waals surface area (Å²) in [5, 5.41) is 8.13. The largest absolute Gasteiger partial charge is 0.378 e. The fourth-order valence-corrected chi connectivity index (χ4v) is 1.82. The highest BCUT2D eigenvalue weighted by molar-refractivity contribution is 4.90. The van der Waals surface area contributed by atoms with Crippen molar-refractivity contribution in [3.63, 3.8) is 0 Å². The quantitative estimate of drug-likeness (QED) is 0.724. The van der Waals surface area contributed by atoms with Gasteiger partial charge in [0.2, 0.25) is 0 Å². The van der Waals surface area contributed by atoms with Crippen molar-refractivity contribution in [1.82, 2.24) is 15.0 Å². The summed E-state index contributed by atoms with van der Waals surface area (Å²) in [6, 6.07) is 0. The van der Waals surface area contributed by atoms with Crippen LogP contribution >= 0.6 is 0 Å². The minimum atomic E-state index is 0.285. The number of nitrogens with zero attached hydrogens (tertiary/aromatic N) is 3. The molecule has 0 saturated heterocycles. The Morgan fingerprint density at radius 2 is 2.20 bits per heavy atom. The molecular weight excluding hydrogens is 190 g/mol. The summed E-state index contributed by atoms with van der Waals surface area (Å²) in [5.41, 5.74) is 1.18. The van der Waals surface area contributed by atoms with Gasteiger partial charge in [-0.15, -0.1) is 5.10 Å². The highest BCUT2D eigenvalue weighted by atomic mass is 16.5. The van der Waals surface area contributed by atoms with E-state index in [9.17, 15) is 0 Å². The number of rotatable bonds is 6. The Bertz CT molecular complexity index is 294. The molecule has 0 aromatic carbocycles. The van der Waals surface area contributed by atoms with Crippen LogP contribution in [0.2, 0.25) is 0 Å². The Morgan fingerprint density at radius 1 is 1.47 bits per heavy atom. The SMILES string of the molecule is CCCC(C)(C)Cn1cc(COC)nn1. The van der Waals surface area contributed by atoms with Crippen molar-refractivity contribution >= 4 is 0 Å². The van der Waals surface area contributed by atoms with Gasteiger partial charge in [0.25, 0.3) is 0 Å². The molecule has 0 aliphatic heterocycles. The molecule has 1 aromatic heterocycles. The standard InChI is InChI=1S/C11H21N3O/c1-5-6-11(2,3)9-14-7-10(8-15-4)12-13-14/h7H,5-6,8-9H2,1-4H3. The van der Waals surface area contributed by atoms with E-state index in [1.165, 1.54) is 12.8 Å². The van der Waals surface area contributed by atoms with Gasteiger partial charge in [0, 0.05) is 13.7 Å². The molecule has 1 aromatic rings. The fourth-order valence-electron chi connectivity index (χ4n) is 1.82. The second-order valence-corrected chi connectivity index (χ2v) is 4.75. The summed E-state index contributed by atoms with van der Waals surface area (Å²) in [4.78, 5) is 0. The van der Waals surface area contributed by atoms with Gasteiger partial charge in [0.1, 0.15) is 5.69 Å². The fraction of sp³-hybridized carbons (Fsp3) is 0.818. The summed E-state index contributed by atoms with van der Waals surface area (Å²) in [5.74, 6) is 0. The van der Waals surface area contributed by atoms with E-state index in [2.05, 4.69) is 31.1 Å². The lowest BCUT2D eigenvalue weighted by Gasteiger charge is -2.23. The number of hydrogen-bond donors (Lipinski definition) is 0. The lowest BCUT2D eigenvalue weighted by atomic mass is 9.88. The highest BCUT2D eigenvalue weighted by Crippen LogP contribution is 2.23. The number of aromatic nitrogens is 3. The van der Waals surface area contributed by atoms with E-state index in [4.69, 9.17) is 4.74 Å². The molecule has 86 valence electrons. The molecular formula is C11H21N3O. The molecule has 0 atom stereocenters. The van der Waals surface area contributed by atoms with Gasteiger partial charge < -0.3 is 4.74 Å². The highest BCUT2D eigenvalue weighted by Gasteiger charge is 2.18. The lowest BCUT2D eigenvalue weighted by Crippen LogP contribution is -2.19. The first-order chi connectivity index (χ1) is 7.07. The second-order valence-electron chi connectivity index (χ2n) is 4.75. The molecule has 0 spiro atoms. The summed E-state index contributed by atoms with van der Waals surface area (Å²) in [7, 11) is 1.67. The maximum Gasteiger partial charge on any atom is 0.108 e. The smallest absolute Gasteiger partial charge is 0.108 e. The van der Waals surface area contributed by atoms with E-state index >= 15 is 0 Å². The minimum Gasteiger partial charge on any atom is -0.378 e. The van der Waals surface area contributed by atoms with Gasteiger partial charge in [0.15, 0.2) is 0 Å². The van der Waals surface area contributed by atoms with E-state index < -0.39 is 0 Å². The van der Waals surface area contributed by atoms with E-state index in [0.717, 1.165) is 12.2 Å². The summed E-state index contributed by atoms with van der Waals surface area (Å²) in [6.45, 7) is 8.17. The summed E-state index contributed by atoms with van der Waals surface area (Å²) >= 11 is 0. The van der Waals surface area contributed by atoms with Crippen LogP contribution in [0.4, 0.5) is 0 Å². The zero-order chi connectivity index (χ0) is 11.3. The van der Waals surface area contributed by atoms with Crippen molar-refractivity contribution in [2.75, 3.05) is 7.11 Å². The molecule has 0 amide bonds. The molecule has 4 nitrogen and oxygen atoms in total. The second kappa shape index (κ2) is 5.26. The molecule has 0 bridgehead atoms. The Hall–Kier alpha value is -0.900. The Balaban J connectivity index is 2.56. The minimum absolute atomic E-state index is 0.285. The third-order valence-electron chi connectivity index (χ3n) is 2.40. The van der Waals surface area contributed by atoms with Crippen LogP contribution in [0.15, 0.2) is 6.20 Å². The molecule has 4 heteroatoms. The van der Waals surface area contributed by atoms with E-state index in [-0.39, 0.29) is 5.41 Å². The number of ether oxygens (including phenoxy) is 1. The van der Waals surface area contributed by atoms with Crippen molar-refractivity contribution in [2.45, 2.75) is 46.8 Å². The molecule has 1 rings (SSSR count). The van der Waals surface area contributed by atoms with E-state index in [0.29, 0.717) is 6.61 Å². The molecule has 0 saturated carbocycles. The van der Waals surface area contributed by atoms with Crippen LogP contribution in [0.3, 0.4) is 0 Å². The molecule has 0 unspecified atom stereocenters. The lowest BCUT2D eigenvalue weighted by molar-refractivity contribution is 0.181. The van der Waals surface area contributed by atoms with Crippen LogP contribution in [0.1, 0.15) is 39.3 Å². The Kier molecular flexibility index (Phi) is 4.27. The van der Waals surface area contributed by atoms with Crippen LogP contribution < -0.4 is 0 Å². The molecule has 0 N–H and O–H groups in total. The third kappa shape index (κ3) is 4.00. The average Bonchev–Trinajstić information content (AvgIpc) is 2.52. The topological polar surface area (TPSA) is 39.9 Å². The molecule has 0 fully saturated rings. The molecule has 15 heavy (non-hydrogen) atoms. The third-order valence-corrected chi connectivity index (χ3v) is 2.40. The van der Waals surface area contributed by atoms with Crippen LogP contribution in [0.5, 0.6) is 0 Å². The Labute approximate surface area is 91.6 Å². The first kappa shape index (κ1) is 12.2. The van der Waals surface area contributed by atoms with E-state index in [1.807, 2.05) is 10.9 Å². The van der Waals surface area contributed by atoms with Gasteiger partial charge in [-0.25, -0.2) is 0 Å². The van der Waals surface area contributed by atoms with Crippen molar-refractivity contribution in [3.05, 3.63) is 11.9 Å². The predicted octanol–water partition coefficient (Wildman–Crippen LogP) is 2.25. The predicted molar refractivity (Wildman–Crippen MR) is 59.4 cm³/mol.